The second-order valence-electron chi connectivity index (χ2n) is 4.68. The van der Waals surface area contributed by atoms with Crippen molar-refractivity contribution in [3.63, 3.8) is 0 Å². The number of benzene rings is 1. The molecule has 114 valence electrons. The molecule has 0 saturated heterocycles. The molecule has 1 aromatic carbocycles. The maximum atomic E-state index is 12.9. The van der Waals surface area contributed by atoms with Crippen LogP contribution in [0.1, 0.15) is 5.56 Å². The van der Waals surface area contributed by atoms with Crippen molar-refractivity contribution in [3.05, 3.63) is 47.2 Å². The normalized spacial score (nSPS) is 11.9. The number of H-pyrrole nitrogens is 1. The summed E-state index contributed by atoms with van der Waals surface area (Å²) in [6.07, 6.45) is -1.37. The minimum absolute atomic E-state index is 0.338. The van der Waals surface area contributed by atoms with Gasteiger partial charge in [-0.15, -0.1) is 0 Å². The minimum atomic E-state index is -4.49. The van der Waals surface area contributed by atoms with Gasteiger partial charge in [0, 0.05) is 22.7 Å². The predicted octanol–water partition coefficient (Wildman–Crippen LogP) is 4.91. The number of fused-ring (bicyclic) bond motifs is 1. The van der Waals surface area contributed by atoms with Crippen molar-refractivity contribution in [2.24, 2.45) is 0 Å². The van der Waals surface area contributed by atoms with Crippen molar-refractivity contribution in [1.82, 2.24) is 9.97 Å². The van der Waals surface area contributed by atoms with E-state index in [2.05, 4.69) is 9.97 Å². The van der Waals surface area contributed by atoms with E-state index in [1.54, 1.807) is 18.3 Å². The summed E-state index contributed by atoms with van der Waals surface area (Å²) < 4.78 is 43.9. The molecule has 0 amide bonds. The molecule has 1 N–H and O–H groups in total. The van der Waals surface area contributed by atoms with Gasteiger partial charge in [0.05, 0.1) is 29.6 Å². The average Bonchev–Trinajstić information content (AvgIpc) is 2.87. The number of halogens is 4. The number of hydrogen-bond acceptors (Lipinski definition) is 2. The molecule has 0 unspecified atom stereocenters. The van der Waals surface area contributed by atoms with E-state index in [1.165, 1.54) is 19.4 Å². The summed E-state index contributed by atoms with van der Waals surface area (Å²) in [5.41, 5.74) is 1.00. The van der Waals surface area contributed by atoms with E-state index in [4.69, 9.17) is 16.3 Å². The van der Waals surface area contributed by atoms with E-state index in [0.29, 0.717) is 27.9 Å². The number of hydrogen-bond donors (Lipinski definition) is 1. The largest absolute Gasteiger partial charge is 0.494 e. The predicted molar refractivity (Wildman–Crippen MR) is 78.1 cm³/mol. The summed E-state index contributed by atoms with van der Waals surface area (Å²) in [4.78, 5) is 6.99. The van der Waals surface area contributed by atoms with Crippen LogP contribution in [-0.2, 0) is 6.18 Å². The minimum Gasteiger partial charge on any atom is -0.494 e. The van der Waals surface area contributed by atoms with Gasteiger partial charge in [0.2, 0.25) is 0 Å². The molecule has 2 aromatic heterocycles. The average molecular weight is 327 g/mol. The third-order valence-corrected chi connectivity index (χ3v) is 3.62. The van der Waals surface area contributed by atoms with Crippen LogP contribution in [0.4, 0.5) is 13.2 Å². The van der Waals surface area contributed by atoms with Gasteiger partial charge < -0.3 is 9.72 Å². The molecule has 0 fully saturated rings. The standard InChI is InChI=1S/C15H10ClF3N2O/c1-22-14-7-20-3-2-9(14)13-5-8-4-10(15(17,18)19)11(16)6-12(8)21-13/h2-7,21H,1H3. The van der Waals surface area contributed by atoms with Gasteiger partial charge in [-0.3, -0.25) is 4.98 Å². The monoisotopic (exact) mass is 326 g/mol. The summed E-state index contributed by atoms with van der Waals surface area (Å²) in [6, 6.07) is 5.65. The summed E-state index contributed by atoms with van der Waals surface area (Å²) >= 11 is 5.73. The summed E-state index contributed by atoms with van der Waals surface area (Å²) in [6.45, 7) is 0. The van der Waals surface area contributed by atoms with E-state index in [0.717, 1.165) is 6.07 Å². The fourth-order valence-corrected chi connectivity index (χ4v) is 2.55. The highest BCUT2D eigenvalue weighted by molar-refractivity contribution is 6.32. The van der Waals surface area contributed by atoms with Crippen molar-refractivity contribution in [3.8, 4) is 17.0 Å². The molecule has 3 rings (SSSR count). The Balaban J connectivity index is 2.18. The first-order valence-corrected chi connectivity index (χ1v) is 6.66. The van der Waals surface area contributed by atoms with Gasteiger partial charge in [0.15, 0.2) is 0 Å². The Bertz CT molecular complexity index is 842. The smallest absolute Gasteiger partial charge is 0.417 e. The lowest BCUT2D eigenvalue weighted by molar-refractivity contribution is -0.137. The molecule has 0 atom stereocenters. The third-order valence-electron chi connectivity index (χ3n) is 3.31. The Labute approximate surface area is 128 Å². The van der Waals surface area contributed by atoms with Crippen molar-refractivity contribution >= 4 is 22.5 Å². The number of methoxy groups -OCH3 is 1. The molecule has 7 heteroatoms. The van der Waals surface area contributed by atoms with Gasteiger partial charge in [0.1, 0.15) is 5.75 Å². The second kappa shape index (κ2) is 5.21. The first-order chi connectivity index (χ1) is 10.4. The van der Waals surface area contributed by atoms with Crippen LogP contribution in [0.15, 0.2) is 36.7 Å². The lowest BCUT2D eigenvalue weighted by atomic mass is 10.1. The first kappa shape index (κ1) is 14.7. The topological polar surface area (TPSA) is 37.9 Å². The molecule has 0 aliphatic heterocycles. The molecule has 0 aliphatic carbocycles. The fourth-order valence-electron chi connectivity index (χ4n) is 2.28. The number of rotatable bonds is 2. The molecule has 0 bridgehead atoms. The van der Waals surface area contributed by atoms with Gasteiger partial charge in [-0.05, 0) is 24.3 Å². The molecular weight excluding hydrogens is 317 g/mol. The Morgan fingerprint density at radius 2 is 2.00 bits per heavy atom. The zero-order chi connectivity index (χ0) is 15.9. The van der Waals surface area contributed by atoms with Gasteiger partial charge in [-0.2, -0.15) is 13.2 Å². The number of aromatic nitrogens is 2. The molecule has 0 spiro atoms. The Morgan fingerprint density at radius 3 is 2.68 bits per heavy atom. The Morgan fingerprint density at radius 1 is 1.23 bits per heavy atom. The van der Waals surface area contributed by atoms with Crippen LogP contribution in [0, 0.1) is 0 Å². The lowest BCUT2D eigenvalue weighted by Gasteiger charge is -2.08. The molecule has 3 aromatic rings. The Hall–Kier alpha value is -2.21. The van der Waals surface area contributed by atoms with E-state index >= 15 is 0 Å². The third kappa shape index (κ3) is 2.50. The zero-order valence-corrected chi connectivity index (χ0v) is 12.1. The number of nitrogens with zero attached hydrogens (tertiary/aromatic N) is 1. The van der Waals surface area contributed by atoms with E-state index < -0.39 is 11.7 Å². The van der Waals surface area contributed by atoms with Gasteiger partial charge in [0.25, 0.3) is 0 Å². The van der Waals surface area contributed by atoms with Crippen LogP contribution >= 0.6 is 11.6 Å². The van der Waals surface area contributed by atoms with Crippen molar-refractivity contribution in [2.45, 2.75) is 6.18 Å². The van der Waals surface area contributed by atoms with Crippen LogP contribution in [0.25, 0.3) is 22.2 Å². The van der Waals surface area contributed by atoms with Crippen molar-refractivity contribution in [1.29, 1.82) is 0 Å². The van der Waals surface area contributed by atoms with Gasteiger partial charge in [-0.25, -0.2) is 0 Å². The highest BCUT2D eigenvalue weighted by atomic mass is 35.5. The van der Waals surface area contributed by atoms with E-state index in [1.807, 2.05) is 0 Å². The van der Waals surface area contributed by atoms with E-state index in [-0.39, 0.29) is 5.02 Å². The zero-order valence-electron chi connectivity index (χ0n) is 11.3. The number of pyridine rings is 1. The molecule has 0 radical (unpaired) electrons. The van der Waals surface area contributed by atoms with Crippen LogP contribution in [0.3, 0.4) is 0 Å². The van der Waals surface area contributed by atoms with Crippen LogP contribution in [-0.4, -0.2) is 17.1 Å². The summed E-state index contributed by atoms with van der Waals surface area (Å²) in [5.74, 6) is 0.524. The highest BCUT2D eigenvalue weighted by Gasteiger charge is 2.33. The molecule has 3 nitrogen and oxygen atoms in total. The molecule has 0 saturated carbocycles. The van der Waals surface area contributed by atoms with Crippen molar-refractivity contribution in [2.75, 3.05) is 7.11 Å². The van der Waals surface area contributed by atoms with Crippen LogP contribution < -0.4 is 4.74 Å². The molecule has 2 heterocycles. The van der Waals surface area contributed by atoms with Gasteiger partial charge in [-0.1, -0.05) is 11.6 Å². The van der Waals surface area contributed by atoms with Crippen molar-refractivity contribution < 1.29 is 17.9 Å². The SMILES string of the molecule is COc1cnccc1-c1cc2cc(C(F)(F)F)c(Cl)cc2[nH]1. The summed E-state index contributed by atoms with van der Waals surface area (Å²) in [5, 5.41) is 0.0840. The fraction of sp³-hybridized carbons (Fsp3) is 0.133. The molecule has 22 heavy (non-hydrogen) atoms. The van der Waals surface area contributed by atoms with Gasteiger partial charge >= 0.3 is 6.18 Å². The second-order valence-corrected chi connectivity index (χ2v) is 5.08. The van der Waals surface area contributed by atoms with E-state index in [9.17, 15) is 13.2 Å². The first-order valence-electron chi connectivity index (χ1n) is 6.28. The number of nitrogens with one attached hydrogen (secondary N) is 1. The lowest BCUT2D eigenvalue weighted by Crippen LogP contribution is -2.05. The van der Waals surface area contributed by atoms with Crippen LogP contribution in [0.2, 0.25) is 5.02 Å². The van der Waals surface area contributed by atoms with Crippen LogP contribution in [0.5, 0.6) is 5.75 Å². The maximum absolute atomic E-state index is 12.9. The quantitative estimate of drug-likeness (QED) is 0.726. The molecule has 0 aliphatic rings. The number of aromatic amines is 1. The molecular formula is C15H10ClF3N2O. The Kier molecular flexibility index (Phi) is 3.48. The summed E-state index contributed by atoms with van der Waals surface area (Å²) in [7, 11) is 1.50. The number of ether oxygens (including phenoxy) is 1. The highest BCUT2D eigenvalue weighted by Crippen LogP contribution is 2.38. The maximum Gasteiger partial charge on any atom is 0.417 e. The number of alkyl halides is 3.